The molecular formula is C30H33N9O2. The van der Waals surface area contributed by atoms with Crippen LogP contribution in [0.1, 0.15) is 69.1 Å². The monoisotopic (exact) mass is 551 g/mol. The smallest absolute Gasteiger partial charge is 0.264 e. The summed E-state index contributed by atoms with van der Waals surface area (Å²) in [5, 5.41) is 14.3. The molecule has 0 amide bonds. The van der Waals surface area contributed by atoms with E-state index in [1.54, 1.807) is 12.4 Å². The molecule has 0 unspecified atom stereocenters. The van der Waals surface area contributed by atoms with E-state index < -0.39 is 0 Å². The molecule has 210 valence electrons. The fourth-order valence-electron chi connectivity index (χ4n) is 4.67. The normalized spacial score (nSPS) is 11.2. The fraction of sp³-hybridized carbons (Fsp3) is 0.333. The largest absolute Gasteiger partial charge is 0.491 e. The van der Waals surface area contributed by atoms with Crippen LogP contribution in [0, 0.1) is 0 Å². The maximum absolute atomic E-state index is 14.1. The standard InChI is InChI=1S/C30H33N9O2/c1-5-7-12-26-24(29(40)39(28(34-26)19(3)4)30-32-17-21(18-33-30)41-6-2)15-20-13-14-25(31-16-20)22-10-8-9-11-23(22)27-35-37-38-36-27/h8-11,13-14,16-19H,5-7,12,15H2,1-4H3,(H,35,36,37,38). The third-order valence-corrected chi connectivity index (χ3v) is 6.71. The lowest BCUT2D eigenvalue weighted by atomic mass is 10.00. The lowest BCUT2D eigenvalue weighted by molar-refractivity contribution is 0.337. The minimum absolute atomic E-state index is 0.00660. The van der Waals surface area contributed by atoms with Crippen LogP contribution in [0.4, 0.5) is 0 Å². The predicted molar refractivity (Wildman–Crippen MR) is 155 cm³/mol. The second-order valence-electron chi connectivity index (χ2n) is 9.97. The van der Waals surface area contributed by atoms with Crippen molar-refractivity contribution in [3.63, 3.8) is 0 Å². The Labute approximate surface area is 238 Å². The SMILES string of the molecule is CCCCc1nc(C(C)C)n(-c2ncc(OCC)cn2)c(=O)c1Cc1ccc(-c2ccccc2-c2nnn[nH]2)nc1. The van der Waals surface area contributed by atoms with Crippen LogP contribution in [0.5, 0.6) is 5.75 Å². The van der Waals surface area contributed by atoms with E-state index in [0.717, 1.165) is 47.3 Å². The Morgan fingerprint density at radius 1 is 0.976 bits per heavy atom. The first-order valence-corrected chi connectivity index (χ1v) is 13.9. The number of rotatable bonds is 11. The maximum Gasteiger partial charge on any atom is 0.264 e. The quantitative estimate of drug-likeness (QED) is 0.247. The average molecular weight is 552 g/mol. The van der Waals surface area contributed by atoms with Gasteiger partial charge in [0.05, 0.1) is 30.4 Å². The highest BCUT2D eigenvalue weighted by molar-refractivity contribution is 5.78. The van der Waals surface area contributed by atoms with Crippen LogP contribution in [-0.2, 0) is 12.8 Å². The number of ether oxygens (including phenoxy) is 1. The molecule has 0 atom stereocenters. The Morgan fingerprint density at radius 3 is 2.39 bits per heavy atom. The van der Waals surface area contributed by atoms with Crippen molar-refractivity contribution in [1.29, 1.82) is 0 Å². The molecule has 11 nitrogen and oxygen atoms in total. The number of hydrogen-bond donors (Lipinski definition) is 1. The summed E-state index contributed by atoms with van der Waals surface area (Å²) in [5.74, 6) is 2.04. The molecule has 5 rings (SSSR count). The number of aromatic amines is 1. The van der Waals surface area contributed by atoms with Gasteiger partial charge in [-0.1, -0.05) is 57.5 Å². The highest BCUT2D eigenvalue weighted by atomic mass is 16.5. The lowest BCUT2D eigenvalue weighted by Crippen LogP contribution is -2.31. The first-order chi connectivity index (χ1) is 20.0. The van der Waals surface area contributed by atoms with E-state index in [1.165, 1.54) is 4.57 Å². The second kappa shape index (κ2) is 12.6. The van der Waals surface area contributed by atoms with Gasteiger partial charge in [0.25, 0.3) is 5.56 Å². The lowest BCUT2D eigenvalue weighted by Gasteiger charge is -2.18. The molecule has 0 saturated carbocycles. The van der Waals surface area contributed by atoms with Gasteiger partial charge in [-0.05, 0) is 41.8 Å². The number of H-pyrrole nitrogens is 1. The zero-order valence-electron chi connectivity index (χ0n) is 23.7. The van der Waals surface area contributed by atoms with E-state index in [2.05, 4.69) is 37.5 Å². The Kier molecular flexibility index (Phi) is 8.52. The Morgan fingerprint density at radius 2 is 1.76 bits per heavy atom. The van der Waals surface area contributed by atoms with Gasteiger partial charge in [-0.15, -0.1) is 5.10 Å². The van der Waals surface area contributed by atoms with E-state index in [4.69, 9.17) is 14.7 Å². The number of nitrogens with one attached hydrogen (secondary N) is 1. The van der Waals surface area contributed by atoms with Gasteiger partial charge in [0.15, 0.2) is 11.6 Å². The highest BCUT2D eigenvalue weighted by Gasteiger charge is 2.21. The molecule has 4 aromatic heterocycles. The number of hydrogen-bond acceptors (Lipinski definition) is 9. The van der Waals surface area contributed by atoms with Crippen molar-refractivity contribution in [2.75, 3.05) is 6.61 Å². The zero-order chi connectivity index (χ0) is 28.8. The molecule has 0 fully saturated rings. The molecule has 11 heteroatoms. The zero-order valence-corrected chi connectivity index (χ0v) is 23.7. The number of aryl methyl sites for hydroxylation is 1. The Balaban J connectivity index is 1.54. The van der Waals surface area contributed by atoms with Crippen molar-refractivity contribution >= 4 is 0 Å². The Hall–Kier alpha value is -4.80. The van der Waals surface area contributed by atoms with Crippen LogP contribution in [-0.4, -0.2) is 51.7 Å². The van der Waals surface area contributed by atoms with E-state index in [9.17, 15) is 4.79 Å². The summed E-state index contributed by atoms with van der Waals surface area (Å²) in [6.45, 7) is 8.58. The van der Waals surface area contributed by atoms with Gasteiger partial charge < -0.3 is 4.74 Å². The summed E-state index contributed by atoms with van der Waals surface area (Å²) in [7, 11) is 0. The predicted octanol–water partition coefficient (Wildman–Crippen LogP) is 4.72. The number of tetrazole rings is 1. The number of unbranched alkanes of at least 4 members (excludes halogenated alkanes) is 1. The summed E-state index contributed by atoms with van der Waals surface area (Å²) >= 11 is 0. The highest BCUT2D eigenvalue weighted by Crippen LogP contribution is 2.28. The van der Waals surface area contributed by atoms with Gasteiger partial charge in [0.1, 0.15) is 5.82 Å². The van der Waals surface area contributed by atoms with Crippen molar-refractivity contribution in [2.45, 2.75) is 59.3 Å². The topological polar surface area (TPSA) is 137 Å². The van der Waals surface area contributed by atoms with E-state index in [-0.39, 0.29) is 17.4 Å². The van der Waals surface area contributed by atoms with Crippen LogP contribution in [0.15, 0.2) is 59.8 Å². The summed E-state index contributed by atoms with van der Waals surface area (Å²) in [6, 6.07) is 11.8. The molecule has 0 bridgehead atoms. The van der Waals surface area contributed by atoms with Crippen molar-refractivity contribution in [2.24, 2.45) is 0 Å². The second-order valence-corrected chi connectivity index (χ2v) is 9.97. The van der Waals surface area contributed by atoms with Crippen LogP contribution in [0.25, 0.3) is 28.6 Å². The van der Waals surface area contributed by atoms with Crippen molar-refractivity contribution in [3.05, 3.63) is 88.0 Å². The van der Waals surface area contributed by atoms with Gasteiger partial charge >= 0.3 is 0 Å². The number of aromatic nitrogens is 9. The van der Waals surface area contributed by atoms with Crippen LogP contribution < -0.4 is 10.3 Å². The first-order valence-electron chi connectivity index (χ1n) is 13.9. The van der Waals surface area contributed by atoms with Crippen LogP contribution >= 0.6 is 0 Å². The molecule has 0 spiro atoms. The van der Waals surface area contributed by atoms with E-state index in [0.29, 0.717) is 36.0 Å². The summed E-state index contributed by atoms with van der Waals surface area (Å²) in [4.78, 5) is 32.8. The average Bonchev–Trinajstić information content (AvgIpc) is 3.53. The van der Waals surface area contributed by atoms with Gasteiger partial charge in [-0.3, -0.25) is 9.78 Å². The minimum atomic E-state index is -0.161. The van der Waals surface area contributed by atoms with Gasteiger partial charge in [-0.2, -0.15) is 0 Å². The van der Waals surface area contributed by atoms with Gasteiger partial charge in [-0.25, -0.2) is 24.6 Å². The van der Waals surface area contributed by atoms with E-state index >= 15 is 0 Å². The number of pyridine rings is 1. The summed E-state index contributed by atoms with van der Waals surface area (Å²) < 4.78 is 7.03. The molecule has 5 aromatic rings. The van der Waals surface area contributed by atoms with E-state index in [1.807, 2.05) is 63.4 Å². The van der Waals surface area contributed by atoms with Crippen molar-refractivity contribution < 1.29 is 4.74 Å². The number of benzene rings is 1. The molecule has 4 heterocycles. The van der Waals surface area contributed by atoms with Crippen LogP contribution in [0.3, 0.4) is 0 Å². The third kappa shape index (κ3) is 6.03. The van der Waals surface area contributed by atoms with Gasteiger partial charge in [0, 0.05) is 35.2 Å². The van der Waals surface area contributed by atoms with Crippen LogP contribution in [0.2, 0.25) is 0 Å². The molecule has 1 N–H and O–H groups in total. The van der Waals surface area contributed by atoms with Gasteiger partial charge in [0.2, 0.25) is 5.95 Å². The summed E-state index contributed by atoms with van der Waals surface area (Å²) in [5.41, 5.74) is 4.72. The third-order valence-electron chi connectivity index (χ3n) is 6.71. The Bertz CT molecular complexity index is 1650. The summed E-state index contributed by atoms with van der Waals surface area (Å²) in [6.07, 6.45) is 8.02. The molecular weight excluding hydrogens is 518 g/mol. The van der Waals surface area contributed by atoms with Crippen molar-refractivity contribution in [3.8, 4) is 34.3 Å². The molecule has 0 aliphatic carbocycles. The minimum Gasteiger partial charge on any atom is -0.491 e. The molecule has 0 radical (unpaired) electrons. The van der Waals surface area contributed by atoms with Crippen molar-refractivity contribution in [1.82, 2.24) is 45.1 Å². The number of nitrogens with zero attached hydrogens (tertiary/aromatic N) is 8. The molecule has 0 aliphatic rings. The maximum atomic E-state index is 14.1. The molecule has 0 aliphatic heterocycles. The fourth-order valence-corrected chi connectivity index (χ4v) is 4.67. The molecule has 1 aromatic carbocycles. The first kappa shape index (κ1) is 27.8. The molecule has 0 saturated heterocycles. The molecule has 41 heavy (non-hydrogen) atoms.